The van der Waals surface area contributed by atoms with Crippen molar-refractivity contribution in [1.29, 1.82) is 0 Å². The highest BCUT2D eigenvalue weighted by atomic mass is 32.1. The van der Waals surface area contributed by atoms with Gasteiger partial charge in [-0.15, -0.1) is 22.7 Å². The van der Waals surface area contributed by atoms with Crippen LogP contribution in [0.3, 0.4) is 0 Å². The molecule has 1 fully saturated rings. The average Bonchev–Trinajstić information content (AvgIpc) is 3.91. The molecule has 4 aliphatic rings. The molecule has 0 radical (unpaired) electrons. The summed E-state index contributed by atoms with van der Waals surface area (Å²) in [7, 11) is 0. The van der Waals surface area contributed by atoms with Crippen LogP contribution in [0.25, 0.3) is 62.6 Å². The molecule has 63 heavy (non-hydrogen) atoms. The Kier molecular flexibility index (Phi) is 7.67. The van der Waals surface area contributed by atoms with Gasteiger partial charge in [-0.3, -0.25) is 0 Å². The fourth-order valence-electron chi connectivity index (χ4n) is 12.6. The molecule has 0 saturated heterocycles. The highest BCUT2D eigenvalue weighted by molar-refractivity contribution is 7.27. The molecule has 9 aromatic rings. The van der Waals surface area contributed by atoms with E-state index in [-0.39, 0.29) is 28.6 Å². The number of benzene rings is 7. The molecule has 3 aliphatic heterocycles. The van der Waals surface area contributed by atoms with Crippen molar-refractivity contribution in [1.82, 2.24) is 0 Å². The molecule has 2 atom stereocenters. The maximum Gasteiger partial charge on any atom is 0.329 e. The van der Waals surface area contributed by atoms with Crippen LogP contribution < -0.4 is 20.6 Å². The van der Waals surface area contributed by atoms with Gasteiger partial charge >= 0.3 is 6.85 Å². The van der Waals surface area contributed by atoms with Crippen LogP contribution in [0.15, 0.2) is 127 Å². The molecule has 2 aromatic heterocycles. The van der Waals surface area contributed by atoms with E-state index >= 15 is 0 Å². The van der Waals surface area contributed by atoms with Gasteiger partial charge in [-0.1, -0.05) is 152 Å². The summed E-state index contributed by atoms with van der Waals surface area (Å²) in [6.45, 7) is 19.6. The minimum atomic E-state index is -0.0638. The van der Waals surface area contributed by atoms with Crippen molar-refractivity contribution in [2.75, 3.05) is 9.71 Å². The molecule has 1 saturated carbocycles. The number of hydrogen-bond acceptors (Lipinski definition) is 4. The molecule has 0 spiro atoms. The van der Waals surface area contributed by atoms with E-state index in [2.05, 4.69) is 192 Å². The molecule has 2 unspecified atom stereocenters. The first kappa shape index (κ1) is 38.1. The molecule has 310 valence electrons. The Bertz CT molecular complexity index is 3430. The monoisotopic (exact) mass is 852 g/mol. The highest BCUT2D eigenvalue weighted by Crippen LogP contribution is 2.65. The molecule has 5 heterocycles. The van der Waals surface area contributed by atoms with Gasteiger partial charge < -0.3 is 9.71 Å². The maximum atomic E-state index is 3.02. The molecule has 1 aliphatic carbocycles. The summed E-state index contributed by atoms with van der Waals surface area (Å²) in [6, 6.07) is 49.8. The van der Waals surface area contributed by atoms with Gasteiger partial charge in [0, 0.05) is 74.7 Å². The minimum absolute atomic E-state index is 0.00382. The zero-order valence-electron chi connectivity index (χ0n) is 37.7. The standard InChI is InChI=1S/C58H53BN2S2/c1-55(2,3)35-24-27-45(40(30-35)34-18-10-9-11-19-34)60-46-33-41-38-21-13-15-23-48(38)62-53(41)49-42-31-36(56(4,5)6)32-43-51(42)61(58(8)29-17-16-28-57(43,58)7)59(50(46)49)44-26-25-39-37-20-12-14-22-47(37)63-54(39)52(44)60/h9-15,18-27,30-33H,16-17,28-29H2,1-8H3. The van der Waals surface area contributed by atoms with Crippen LogP contribution in [-0.2, 0) is 16.2 Å². The number of hydrogen-bond donors (Lipinski definition) is 0. The summed E-state index contributed by atoms with van der Waals surface area (Å²) in [5.74, 6) is 0. The van der Waals surface area contributed by atoms with E-state index in [0.29, 0.717) is 0 Å². The summed E-state index contributed by atoms with van der Waals surface area (Å²) in [4.78, 5) is 5.77. The van der Waals surface area contributed by atoms with Crippen LogP contribution in [0.2, 0.25) is 0 Å². The number of fused-ring (bicyclic) bond motifs is 15. The first-order chi connectivity index (χ1) is 30.3. The van der Waals surface area contributed by atoms with E-state index in [0.717, 1.165) is 0 Å². The van der Waals surface area contributed by atoms with Gasteiger partial charge in [0.15, 0.2) is 0 Å². The van der Waals surface area contributed by atoms with E-state index in [4.69, 9.17) is 0 Å². The number of anilines is 4. The Morgan fingerprint density at radius 2 is 1.21 bits per heavy atom. The van der Waals surface area contributed by atoms with Gasteiger partial charge in [-0.05, 0) is 100 Å². The zero-order chi connectivity index (χ0) is 42.9. The van der Waals surface area contributed by atoms with Crippen molar-refractivity contribution in [2.45, 2.75) is 103 Å². The Morgan fingerprint density at radius 3 is 1.94 bits per heavy atom. The van der Waals surface area contributed by atoms with Gasteiger partial charge in [-0.25, -0.2) is 0 Å². The van der Waals surface area contributed by atoms with Crippen molar-refractivity contribution in [2.24, 2.45) is 0 Å². The summed E-state index contributed by atoms with van der Waals surface area (Å²) < 4.78 is 5.50. The topological polar surface area (TPSA) is 6.48 Å². The molecule has 0 amide bonds. The van der Waals surface area contributed by atoms with Crippen LogP contribution >= 0.6 is 22.7 Å². The van der Waals surface area contributed by atoms with Crippen LogP contribution in [0.5, 0.6) is 0 Å². The molecular formula is C58H53BN2S2. The van der Waals surface area contributed by atoms with Crippen LogP contribution in [0.1, 0.15) is 97.8 Å². The summed E-state index contributed by atoms with van der Waals surface area (Å²) in [5.41, 5.74) is 18.0. The number of thiophene rings is 2. The lowest BCUT2D eigenvalue weighted by Gasteiger charge is -2.55. The number of nitrogens with zero attached hydrogens (tertiary/aromatic N) is 2. The van der Waals surface area contributed by atoms with Crippen molar-refractivity contribution < 1.29 is 0 Å². The van der Waals surface area contributed by atoms with Crippen LogP contribution in [0.4, 0.5) is 22.7 Å². The molecule has 0 N–H and O–H groups in total. The highest BCUT2D eigenvalue weighted by Gasteiger charge is 2.63. The number of rotatable bonds is 2. The third kappa shape index (κ3) is 4.96. The zero-order valence-corrected chi connectivity index (χ0v) is 39.4. The Balaban J connectivity index is 1.25. The Hall–Kier alpha value is -5.36. The van der Waals surface area contributed by atoms with Crippen molar-refractivity contribution in [3.05, 3.63) is 144 Å². The Morgan fingerprint density at radius 1 is 0.556 bits per heavy atom. The second-order valence-corrected chi connectivity index (χ2v) is 23.7. The van der Waals surface area contributed by atoms with E-state index in [1.807, 2.05) is 22.7 Å². The van der Waals surface area contributed by atoms with E-state index in [9.17, 15) is 0 Å². The lowest BCUT2D eigenvalue weighted by atomic mass is 9.42. The van der Waals surface area contributed by atoms with E-state index in [1.54, 1.807) is 5.56 Å². The van der Waals surface area contributed by atoms with E-state index < -0.39 is 0 Å². The van der Waals surface area contributed by atoms with Crippen molar-refractivity contribution >= 4 is 104 Å². The third-order valence-electron chi connectivity index (χ3n) is 16.1. The normalized spacial score (nSPS) is 20.2. The fraction of sp³-hybridized carbons (Fsp3) is 0.276. The second kappa shape index (κ2) is 12.7. The van der Waals surface area contributed by atoms with Gasteiger partial charge in [0.2, 0.25) is 0 Å². The predicted octanol–water partition coefficient (Wildman–Crippen LogP) is 15.7. The molecule has 5 heteroatoms. The quantitative estimate of drug-likeness (QED) is 0.160. The minimum Gasteiger partial charge on any atom is -0.400 e. The molecular weight excluding hydrogens is 800 g/mol. The maximum absolute atomic E-state index is 3.02. The average molecular weight is 853 g/mol. The lowest BCUT2D eigenvalue weighted by molar-refractivity contribution is 0.199. The molecule has 13 rings (SSSR count). The van der Waals surface area contributed by atoms with Crippen molar-refractivity contribution in [3.8, 4) is 22.3 Å². The first-order valence-electron chi connectivity index (χ1n) is 23.2. The summed E-state index contributed by atoms with van der Waals surface area (Å²) in [5, 5.41) is 5.41. The Labute approximate surface area is 380 Å². The van der Waals surface area contributed by atoms with Crippen LogP contribution in [0, 0.1) is 0 Å². The van der Waals surface area contributed by atoms with Crippen LogP contribution in [-0.4, -0.2) is 12.4 Å². The second-order valence-electron chi connectivity index (χ2n) is 21.6. The van der Waals surface area contributed by atoms with Gasteiger partial charge in [0.05, 0.1) is 16.1 Å². The predicted molar refractivity (Wildman–Crippen MR) is 277 cm³/mol. The fourth-order valence-corrected chi connectivity index (χ4v) is 15.1. The van der Waals surface area contributed by atoms with Gasteiger partial charge in [-0.2, -0.15) is 0 Å². The SMILES string of the molecule is CC(C)(C)c1ccc(N2c3cc4c(sc5ccccc54)c4c3B(c3ccc5c(sc6ccccc65)c32)N2c3c-4cc(C(C)(C)C)cc3C3(C)CCCCC23C)c(-c2ccccc2)c1. The summed E-state index contributed by atoms with van der Waals surface area (Å²) >= 11 is 3.98. The lowest BCUT2D eigenvalue weighted by Crippen LogP contribution is -2.70. The largest absolute Gasteiger partial charge is 0.400 e. The smallest absolute Gasteiger partial charge is 0.329 e. The van der Waals surface area contributed by atoms with E-state index in [1.165, 1.54) is 133 Å². The summed E-state index contributed by atoms with van der Waals surface area (Å²) in [6.07, 6.45) is 4.93. The molecule has 7 aromatic carbocycles. The molecule has 0 bridgehead atoms. The third-order valence-corrected chi connectivity index (χ3v) is 18.5. The van der Waals surface area contributed by atoms with Gasteiger partial charge in [0.25, 0.3) is 0 Å². The molecule has 2 nitrogen and oxygen atoms in total. The van der Waals surface area contributed by atoms with Crippen molar-refractivity contribution in [3.63, 3.8) is 0 Å². The first-order valence-corrected chi connectivity index (χ1v) is 24.8. The van der Waals surface area contributed by atoms with Gasteiger partial charge in [0.1, 0.15) is 0 Å².